The number of furan rings is 1. The average Bonchev–Trinajstić information content (AvgIpc) is 2.77. The molecule has 0 fully saturated rings. The van der Waals surface area contributed by atoms with Gasteiger partial charge in [-0.1, -0.05) is 13.8 Å². The highest BCUT2D eigenvalue weighted by Crippen LogP contribution is 2.21. The monoisotopic (exact) mass is 225 g/mol. The van der Waals surface area contributed by atoms with E-state index in [1.807, 2.05) is 6.07 Å². The van der Waals surface area contributed by atoms with Gasteiger partial charge in [-0.2, -0.15) is 0 Å². The Morgan fingerprint density at radius 1 is 1.50 bits per heavy atom. The number of hydrogen-bond donors (Lipinski definition) is 1. The minimum absolute atomic E-state index is 0.258. The Hall–Kier alpha value is -0.800. The van der Waals surface area contributed by atoms with E-state index in [0.717, 1.165) is 19.6 Å². The molecular formula is C13H23NO2. The Labute approximate surface area is 98.2 Å². The van der Waals surface area contributed by atoms with E-state index in [4.69, 9.17) is 9.15 Å². The Morgan fingerprint density at radius 2 is 2.25 bits per heavy atom. The van der Waals surface area contributed by atoms with Crippen LogP contribution in [0.3, 0.4) is 0 Å². The highest BCUT2D eigenvalue weighted by Gasteiger charge is 2.18. The molecule has 0 saturated heterocycles. The van der Waals surface area contributed by atoms with Gasteiger partial charge in [-0.15, -0.1) is 0 Å². The Kier molecular flexibility index (Phi) is 5.03. The third-order valence-corrected chi connectivity index (χ3v) is 2.91. The lowest BCUT2D eigenvalue weighted by molar-refractivity contribution is 0.149. The largest absolute Gasteiger partial charge is 0.472 e. The minimum Gasteiger partial charge on any atom is -0.472 e. The zero-order chi connectivity index (χ0) is 12.0. The molecule has 0 aromatic carbocycles. The molecule has 0 radical (unpaired) electrons. The van der Waals surface area contributed by atoms with Crippen molar-refractivity contribution in [2.75, 3.05) is 20.3 Å². The van der Waals surface area contributed by atoms with Crippen LogP contribution in [0.25, 0.3) is 0 Å². The van der Waals surface area contributed by atoms with Crippen LogP contribution < -0.4 is 5.32 Å². The number of ether oxygens (including phenoxy) is 1. The van der Waals surface area contributed by atoms with Gasteiger partial charge in [0.25, 0.3) is 0 Å². The predicted molar refractivity (Wildman–Crippen MR) is 65.4 cm³/mol. The van der Waals surface area contributed by atoms with Gasteiger partial charge in [0.05, 0.1) is 12.5 Å². The van der Waals surface area contributed by atoms with E-state index in [9.17, 15) is 0 Å². The summed E-state index contributed by atoms with van der Waals surface area (Å²) in [5, 5.41) is 3.52. The molecule has 1 heterocycles. The fourth-order valence-electron chi connectivity index (χ4n) is 1.54. The first-order valence-corrected chi connectivity index (χ1v) is 5.79. The summed E-state index contributed by atoms with van der Waals surface area (Å²) in [6, 6.07) is 2.33. The standard InChI is InChI=1S/C13H23NO2/c1-11(12-5-7-16-9-12)14-10-13(2,3)6-8-15-4/h5,7,9,11,14H,6,8,10H2,1-4H3. The quantitative estimate of drug-likeness (QED) is 0.774. The predicted octanol–water partition coefficient (Wildman–Crippen LogP) is 2.99. The molecule has 0 aliphatic rings. The summed E-state index contributed by atoms with van der Waals surface area (Å²) < 4.78 is 10.2. The zero-order valence-corrected chi connectivity index (χ0v) is 10.7. The van der Waals surface area contributed by atoms with E-state index in [1.165, 1.54) is 5.56 Å². The van der Waals surface area contributed by atoms with Gasteiger partial charge in [-0.3, -0.25) is 0 Å². The topological polar surface area (TPSA) is 34.4 Å². The smallest absolute Gasteiger partial charge is 0.0950 e. The maximum Gasteiger partial charge on any atom is 0.0950 e. The number of hydrogen-bond acceptors (Lipinski definition) is 3. The summed E-state index contributed by atoms with van der Waals surface area (Å²) in [4.78, 5) is 0. The van der Waals surface area contributed by atoms with Crippen molar-refractivity contribution in [2.45, 2.75) is 33.2 Å². The molecule has 1 aromatic heterocycles. The van der Waals surface area contributed by atoms with Gasteiger partial charge >= 0.3 is 0 Å². The van der Waals surface area contributed by atoms with Crippen molar-refractivity contribution >= 4 is 0 Å². The molecule has 0 bridgehead atoms. The van der Waals surface area contributed by atoms with Crippen LogP contribution in [0.2, 0.25) is 0 Å². The number of methoxy groups -OCH3 is 1. The summed E-state index contributed by atoms with van der Waals surface area (Å²) in [7, 11) is 1.75. The first-order valence-electron chi connectivity index (χ1n) is 5.79. The molecule has 0 saturated carbocycles. The molecule has 92 valence electrons. The first-order chi connectivity index (χ1) is 7.55. The van der Waals surface area contributed by atoms with Crippen LogP contribution in [0.5, 0.6) is 0 Å². The van der Waals surface area contributed by atoms with Gasteiger partial charge < -0.3 is 14.5 Å². The van der Waals surface area contributed by atoms with E-state index in [2.05, 4.69) is 26.1 Å². The van der Waals surface area contributed by atoms with Gasteiger partial charge in [-0.05, 0) is 24.8 Å². The van der Waals surface area contributed by atoms with Gasteiger partial charge in [0, 0.05) is 31.9 Å². The SMILES string of the molecule is COCCC(C)(C)CNC(C)c1ccoc1. The Bertz CT molecular complexity index is 280. The van der Waals surface area contributed by atoms with Crippen molar-refractivity contribution in [2.24, 2.45) is 5.41 Å². The van der Waals surface area contributed by atoms with E-state index in [1.54, 1.807) is 19.6 Å². The van der Waals surface area contributed by atoms with Crippen molar-refractivity contribution in [3.63, 3.8) is 0 Å². The lowest BCUT2D eigenvalue weighted by Gasteiger charge is -2.26. The van der Waals surface area contributed by atoms with Gasteiger partial charge in [0.2, 0.25) is 0 Å². The van der Waals surface area contributed by atoms with Crippen molar-refractivity contribution in [3.8, 4) is 0 Å². The van der Waals surface area contributed by atoms with Gasteiger partial charge in [-0.25, -0.2) is 0 Å². The van der Waals surface area contributed by atoms with Crippen LogP contribution >= 0.6 is 0 Å². The van der Waals surface area contributed by atoms with Gasteiger partial charge in [0.1, 0.15) is 0 Å². The molecular weight excluding hydrogens is 202 g/mol. The average molecular weight is 225 g/mol. The van der Waals surface area contributed by atoms with Crippen LogP contribution in [0.1, 0.15) is 38.8 Å². The zero-order valence-electron chi connectivity index (χ0n) is 10.7. The van der Waals surface area contributed by atoms with E-state index in [-0.39, 0.29) is 5.41 Å². The lowest BCUT2D eigenvalue weighted by atomic mass is 9.89. The Morgan fingerprint density at radius 3 is 2.81 bits per heavy atom. The van der Waals surface area contributed by atoms with Crippen LogP contribution in [0.4, 0.5) is 0 Å². The molecule has 3 heteroatoms. The maximum atomic E-state index is 5.11. The fraction of sp³-hybridized carbons (Fsp3) is 0.692. The molecule has 0 amide bonds. The second-order valence-electron chi connectivity index (χ2n) is 5.07. The lowest BCUT2D eigenvalue weighted by Crippen LogP contribution is -2.32. The molecule has 3 nitrogen and oxygen atoms in total. The van der Waals surface area contributed by atoms with Crippen molar-refractivity contribution in [1.29, 1.82) is 0 Å². The van der Waals surface area contributed by atoms with Crippen LogP contribution in [-0.2, 0) is 4.74 Å². The molecule has 1 unspecified atom stereocenters. The summed E-state index contributed by atoms with van der Waals surface area (Å²) in [6.45, 7) is 8.44. The highest BCUT2D eigenvalue weighted by molar-refractivity contribution is 5.10. The van der Waals surface area contributed by atoms with Crippen molar-refractivity contribution in [3.05, 3.63) is 24.2 Å². The molecule has 0 aliphatic heterocycles. The first kappa shape index (κ1) is 13.3. The fourth-order valence-corrected chi connectivity index (χ4v) is 1.54. The van der Waals surface area contributed by atoms with Crippen molar-refractivity contribution < 1.29 is 9.15 Å². The maximum absolute atomic E-state index is 5.11. The summed E-state index contributed by atoms with van der Waals surface area (Å²) in [5.41, 5.74) is 1.45. The van der Waals surface area contributed by atoms with Crippen LogP contribution in [0.15, 0.2) is 23.0 Å². The second kappa shape index (κ2) is 6.06. The molecule has 1 rings (SSSR count). The minimum atomic E-state index is 0.258. The number of nitrogens with one attached hydrogen (secondary N) is 1. The second-order valence-corrected chi connectivity index (χ2v) is 5.07. The van der Waals surface area contributed by atoms with E-state index < -0.39 is 0 Å². The molecule has 1 N–H and O–H groups in total. The third kappa shape index (κ3) is 4.37. The normalized spacial score (nSPS) is 14.0. The van der Waals surface area contributed by atoms with E-state index >= 15 is 0 Å². The van der Waals surface area contributed by atoms with Crippen LogP contribution in [-0.4, -0.2) is 20.3 Å². The third-order valence-electron chi connectivity index (χ3n) is 2.91. The molecule has 1 atom stereocenters. The Balaban J connectivity index is 2.33. The highest BCUT2D eigenvalue weighted by atomic mass is 16.5. The summed E-state index contributed by atoms with van der Waals surface area (Å²) >= 11 is 0. The number of rotatable bonds is 7. The van der Waals surface area contributed by atoms with Crippen molar-refractivity contribution in [1.82, 2.24) is 5.32 Å². The molecule has 0 aliphatic carbocycles. The molecule has 0 spiro atoms. The van der Waals surface area contributed by atoms with Gasteiger partial charge in [0.15, 0.2) is 0 Å². The molecule has 1 aromatic rings. The summed E-state index contributed by atoms with van der Waals surface area (Å²) in [6.07, 6.45) is 4.57. The molecule has 16 heavy (non-hydrogen) atoms. The van der Waals surface area contributed by atoms with Crippen LogP contribution in [0, 0.1) is 5.41 Å². The van der Waals surface area contributed by atoms with E-state index in [0.29, 0.717) is 6.04 Å². The summed E-state index contributed by atoms with van der Waals surface area (Å²) in [5.74, 6) is 0.